The van der Waals surface area contributed by atoms with E-state index in [0.717, 1.165) is 25.1 Å². The number of hydrogen-bond donors (Lipinski definition) is 1. The molecule has 1 heterocycles. The summed E-state index contributed by atoms with van der Waals surface area (Å²) < 4.78 is 5.14. The second-order valence-electron chi connectivity index (χ2n) is 5.18. The Bertz CT molecular complexity index is 301. The van der Waals surface area contributed by atoms with Gasteiger partial charge >= 0.3 is 0 Å². The van der Waals surface area contributed by atoms with Crippen molar-refractivity contribution in [2.45, 2.75) is 53.0 Å². The first-order chi connectivity index (χ1) is 6.92. The zero-order chi connectivity index (χ0) is 11.5. The maximum absolute atomic E-state index is 5.89. The van der Waals surface area contributed by atoms with E-state index in [4.69, 9.17) is 10.3 Å². The van der Waals surface area contributed by atoms with Crippen molar-refractivity contribution >= 4 is 0 Å². The smallest absolute Gasteiger partial charge is 0.243 e. The minimum absolute atomic E-state index is 0.115. The summed E-state index contributed by atoms with van der Waals surface area (Å²) in [5, 5.41) is 3.94. The van der Waals surface area contributed by atoms with Crippen LogP contribution in [-0.4, -0.2) is 10.1 Å². The van der Waals surface area contributed by atoms with Gasteiger partial charge in [-0.25, -0.2) is 0 Å². The van der Waals surface area contributed by atoms with Crippen LogP contribution in [0.2, 0.25) is 0 Å². The SMILES string of the molecule is CCC[C@@H](N)c1nc(CC(C)(C)C)no1. The van der Waals surface area contributed by atoms with Gasteiger partial charge in [0.25, 0.3) is 0 Å². The molecule has 0 aliphatic rings. The van der Waals surface area contributed by atoms with Crippen molar-refractivity contribution in [2.75, 3.05) is 0 Å². The Morgan fingerprint density at radius 3 is 2.60 bits per heavy atom. The molecular weight excluding hydrogens is 190 g/mol. The van der Waals surface area contributed by atoms with Gasteiger partial charge in [-0.1, -0.05) is 39.3 Å². The van der Waals surface area contributed by atoms with Crippen molar-refractivity contribution < 1.29 is 4.52 Å². The molecule has 86 valence electrons. The molecule has 1 aromatic heterocycles. The van der Waals surface area contributed by atoms with E-state index in [1.54, 1.807) is 0 Å². The number of nitrogens with two attached hydrogens (primary N) is 1. The largest absolute Gasteiger partial charge is 0.338 e. The number of aromatic nitrogens is 2. The third-order valence-corrected chi connectivity index (χ3v) is 2.09. The second kappa shape index (κ2) is 4.75. The van der Waals surface area contributed by atoms with Crippen molar-refractivity contribution in [1.29, 1.82) is 0 Å². The summed E-state index contributed by atoms with van der Waals surface area (Å²) in [5.41, 5.74) is 6.06. The first-order valence-electron chi connectivity index (χ1n) is 5.50. The molecule has 0 fully saturated rings. The molecule has 0 saturated carbocycles. The average molecular weight is 211 g/mol. The summed E-state index contributed by atoms with van der Waals surface area (Å²) in [6, 6.07) is -0.115. The molecule has 15 heavy (non-hydrogen) atoms. The standard InChI is InChI=1S/C11H21N3O/c1-5-6-8(12)10-13-9(14-15-10)7-11(2,3)4/h8H,5-7,12H2,1-4H3/t8-/m1/s1. The summed E-state index contributed by atoms with van der Waals surface area (Å²) in [5.74, 6) is 1.32. The Labute approximate surface area is 91.2 Å². The predicted octanol–water partition coefficient (Wildman–Crippen LogP) is 2.46. The fraction of sp³-hybridized carbons (Fsp3) is 0.818. The zero-order valence-corrected chi connectivity index (χ0v) is 10.1. The molecule has 4 nitrogen and oxygen atoms in total. The van der Waals surface area contributed by atoms with Crippen molar-refractivity contribution in [3.63, 3.8) is 0 Å². The second-order valence-corrected chi connectivity index (χ2v) is 5.18. The molecule has 0 amide bonds. The molecule has 0 radical (unpaired) electrons. The lowest BCUT2D eigenvalue weighted by Gasteiger charge is -2.14. The molecule has 1 aromatic rings. The highest BCUT2D eigenvalue weighted by atomic mass is 16.5. The summed E-state index contributed by atoms with van der Waals surface area (Å²) in [6.45, 7) is 8.53. The van der Waals surface area contributed by atoms with Crippen LogP contribution in [0.1, 0.15) is 58.3 Å². The Balaban J connectivity index is 2.64. The van der Waals surface area contributed by atoms with Crippen molar-refractivity contribution in [3.8, 4) is 0 Å². The predicted molar refractivity (Wildman–Crippen MR) is 59.3 cm³/mol. The van der Waals surface area contributed by atoms with Crippen LogP contribution in [0.25, 0.3) is 0 Å². The topological polar surface area (TPSA) is 64.9 Å². The van der Waals surface area contributed by atoms with E-state index in [-0.39, 0.29) is 11.5 Å². The van der Waals surface area contributed by atoms with Crippen molar-refractivity contribution in [1.82, 2.24) is 10.1 Å². The first kappa shape index (κ1) is 12.2. The normalized spacial score (nSPS) is 14.2. The molecule has 4 heteroatoms. The van der Waals surface area contributed by atoms with E-state index in [1.165, 1.54) is 0 Å². The maximum Gasteiger partial charge on any atom is 0.243 e. The average Bonchev–Trinajstić information content (AvgIpc) is 2.50. The van der Waals surface area contributed by atoms with Crippen LogP contribution < -0.4 is 5.73 Å². The van der Waals surface area contributed by atoms with E-state index in [2.05, 4.69) is 37.8 Å². The summed E-state index contributed by atoms with van der Waals surface area (Å²) in [6.07, 6.45) is 2.73. The fourth-order valence-electron chi connectivity index (χ4n) is 1.40. The first-order valence-corrected chi connectivity index (χ1v) is 5.50. The maximum atomic E-state index is 5.89. The van der Waals surface area contributed by atoms with Crippen LogP contribution in [0.5, 0.6) is 0 Å². The molecule has 0 saturated heterocycles. The Morgan fingerprint density at radius 2 is 2.07 bits per heavy atom. The summed E-state index contributed by atoms with van der Waals surface area (Å²) in [7, 11) is 0. The Morgan fingerprint density at radius 1 is 1.40 bits per heavy atom. The summed E-state index contributed by atoms with van der Waals surface area (Å²) in [4.78, 5) is 4.31. The zero-order valence-electron chi connectivity index (χ0n) is 10.1. The molecule has 1 rings (SSSR count). The fourth-order valence-corrected chi connectivity index (χ4v) is 1.40. The van der Waals surface area contributed by atoms with Crippen LogP contribution in [0.4, 0.5) is 0 Å². The quantitative estimate of drug-likeness (QED) is 0.830. The van der Waals surface area contributed by atoms with Crippen molar-refractivity contribution in [2.24, 2.45) is 11.1 Å². The van der Waals surface area contributed by atoms with Crippen LogP contribution in [-0.2, 0) is 6.42 Å². The van der Waals surface area contributed by atoms with Gasteiger partial charge in [0.2, 0.25) is 5.89 Å². The summed E-state index contributed by atoms with van der Waals surface area (Å²) >= 11 is 0. The molecule has 0 aromatic carbocycles. The Hall–Kier alpha value is -0.900. The monoisotopic (exact) mass is 211 g/mol. The minimum Gasteiger partial charge on any atom is -0.338 e. The highest BCUT2D eigenvalue weighted by molar-refractivity contribution is 4.93. The molecule has 0 unspecified atom stereocenters. The molecule has 0 aliphatic carbocycles. The van der Waals surface area contributed by atoms with Gasteiger partial charge in [0.05, 0.1) is 6.04 Å². The number of nitrogens with zero attached hydrogens (tertiary/aromatic N) is 2. The Kier molecular flexibility index (Phi) is 3.85. The van der Waals surface area contributed by atoms with Gasteiger partial charge in [-0.15, -0.1) is 0 Å². The van der Waals surface area contributed by atoms with Gasteiger partial charge in [0, 0.05) is 6.42 Å². The van der Waals surface area contributed by atoms with E-state index in [0.29, 0.717) is 5.89 Å². The van der Waals surface area contributed by atoms with E-state index < -0.39 is 0 Å². The molecule has 2 N–H and O–H groups in total. The van der Waals surface area contributed by atoms with Crippen LogP contribution in [0, 0.1) is 5.41 Å². The molecule has 0 spiro atoms. The molecule has 0 aliphatic heterocycles. The third kappa shape index (κ3) is 4.00. The lowest BCUT2D eigenvalue weighted by Crippen LogP contribution is -2.12. The lowest BCUT2D eigenvalue weighted by atomic mass is 9.92. The molecule has 1 atom stereocenters. The van der Waals surface area contributed by atoms with Gasteiger partial charge < -0.3 is 10.3 Å². The van der Waals surface area contributed by atoms with Gasteiger partial charge in [-0.3, -0.25) is 0 Å². The van der Waals surface area contributed by atoms with Crippen molar-refractivity contribution in [3.05, 3.63) is 11.7 Å². The van der Waals surface area contributed by atoms with Crippen LogP contribution >= 0.6 is 0 Å². The molecule has 0 bridgehead atoms. The van der Waals surface area contributed by atoms with Gasteiger partial charge in [-0.05, 0) is 11.8 Å². The highest BCUT2D eigenvalue weighted by Crippen LogP contribution is 2.20. The van der Waals surface area contributed by atoms with Gasteiger partial charge in [0.1, 0.15) is 0 Å². The van der Waals surface area contributed by atoms with E-state index in [1.807, 2.05) is 0 Å². The lowest BCUT2D eigenvalue weighted by molar-refractivity contribution is 0.335. The van der Waals surface area contributed by atoms with Crippen LogP contribution in [0.15, 0.2) is 4.52 Å². The minimum atomic E-state index is -0.115. The van der Waals surface area contributed by atoms with Gasteiger partial charge in [-0.2, -0.15) is 4.98 Å². The van der Waals surface area contributed by atoms with E-state index >= 15 is 0 Å². The van der Waals surface area contributed by atoms with Crippen LogP contribution in [0.3, 0.4) is 0 Å². The molecular formula is C11H21N3O. The number of hydrogen-bond acceptors (Lipinski definition) is 4. The van der Waals surface area contributed by atoms with Gasteiger partial charge in [0.15, 0.2) is 5.82 Å². The third-order valence-electron chi connectivity index (χ3n) is 2.09. The highest BCUT2D eigenvalue weighted by Gasteiger charge is 2.18. The number of rotatable bonds is 4. The van der Waals surface area contributed by atoms with E-state index in [9.17, 15) is 0 Å².